The van der Waals surface area contributed by atoms with Crippen LogP contribution in [0.4, 0.5) is 5.69 Å². The van der Waals surface area contributed by atoms with E-state index in [-0.39, 0.29) is 18.2 Å². The van der Waals surface area contributed by atoms with Crippen molar-refractivity contribution in [1.29, 1.82) is 5.26 Å². The molecule has 1 rings (SSSR count). The Hall–Kier alpha value is -1.91. The summed E-state index contributed by atoms with van der Waals surface area (Å²) in [7, 11) is -1.36. The SMILES string of the molecule is CC(C(=O)Nc1cccc(C#N)c1)N(C)CCS(C)(=O)=O. The molecule has 0 saturated heterocycles. The van der Waals surface area contributed by atoms with Crippen molar-refractivity contribution in [2.75, 3.05) is 30.9 Å². The van der Waals surface area contributed by atoms with Crippen molar-refractivity contribution in [3.63, 3.8) is 0 Å². The molecule has 0 aliphatic rings. The lowest BCUT2D eigenvalue weighted by Gasteiger charge is -2.23. The number of nitrogens with one attached hydrogen (secondary N) is 1. The summed E-state index contributed by atoms with van der Waals surface area (Å²) in [6.45, 7) is 1.98. The fourth-order valence-corrected chi connectivity index (χ4v) is 2.24. The molecule has 21 heavy (non-hydrogen) atoms. The van der Waals surface area contributed by atoms with Gasteiger partial charge in [-0.1, -0.05) is 6.07 Å². The quantitative estimate of drug-likeness (QED) is 0.841. The molecule has 1 N–H and O–H groups in total. The average molecular weight is 309 g/mol. The van der Waals surface area contributed by atoms with E-state index in [1.807, 2.05) is 6.07 Å². The Morgan fingerprint density at radius 1 is 1.48 bits per heavy atom. The van der Waals surface area contributed by atoms with Gasteiger partial charge in [0.2, 0.25) is 5.91 Å². The maximum atomic E-state index is 12.1. The summed E-state index contributed by atoms with van der Waals surface area (Å²) in [5.74, 6) is -0.244. The number of carbonyl (C=O) groups excluding carboxylic acids is 1. The molecule has 1 unspecified atom stereocenters. The second-order valence-electron chi connectivity index (χ2n) is 4.97. The number of rotatable bonds is 6. The Morgan fingerprint density at radius 3 is 2.71 bits per heavy atom. The van der Waals surface area contributed by atoms with Crippen molar-refractivity contribution in [3.05, 3.63) is 29.8 Å². The first kappa shape index (κ1) is 17.1. The lowest BCUT2D eigenvalue weighted by molar-refractivity contribution is -0.120. The first-order valence-corrected chi connectivity index (χ1v) is 8.48. The third-order valence-corrected chi connectivity index (χ3v) is 4.04. The van der Waals surface area contributed by atoms with Crippen LogP contribution in [0.1, 0.15) is 12.5 Å². The van der Waals surface area contributed by atoms with Crippen LogP contribution in [0.15, 0.2) is 24.3 Å². The second-order valence-corrected chi connectivity index (χ2v) is 7.23. The van der Waals surface area contributed by atoms with Crippen molar-refractivity contribution < 1.29 is 13.2 Å². The van der Waals surface area contributed by atoms with Crippen molar-refractivity contribution in [1.82, 2.24) is 4.90 Å². The molecule has 6 nitrogen and oxygen atoms in total. The predicted octanol–water partition coefficient (Wildman–Crippen LogP) is 0.862. The Balaban J connectivity index is 2.63. The molecule has 0 aliphatic carbocycles. The maximum absolute atomic E-state index is 12.1. The van der Waals surface area contributed by atoms with Crippen LogP contribution in [0.2, 0.25) is 0 Å². The van der Waals surface area contributed by atoms with Gasteiger partial charge in [-0.05, 0) is 32.2 Å². The van der Waals surface area contributed by atoms with Crippen LogP contribution in [0.5, 0.6) is 0 Å². The number of hydrogen-bond acceptors (Lipinski definition) is 5. The van der Waals surface area contributed by atoms with Crippen LogP contribution < -0.4 is 5.32 Å². The van der Waals surface area contributed by atoms with Crippen molar-refractivity contribution in [3.8, 4) is 6.07 Å². The van der Waals surface area contributed by atoms with E-state index >= 15 is 0 Å². The van der Waals surface area contributed by atoms with Crippen LogP contribution in [0, 0.1) is 11.3 Å². The molecule has 0 radical (unpaired) electrons. The van der Waals surface area contributed by atoms with E-state index in [1.54, 1.807) is 43.1 Å². The zero-order chi connectivity index (χ0) is 16.0. The van der Waals surface area contributed by atoms with E-state index in [4.69, 9.17) is 5.26 Å². The van der Waals surface area contributed by atoms with Crippen LogP contribution in [-0.2, 0) is 14.6 Å². The van der Waals surface area contributed by atoms with E-state index in [9.17, 15) is 13.2 Å². The number of nitrogens with zero attached hydrogens (tertiary/aromatic N) is 2. The fourth-order valence-electron chi connectivity index (χ4n) is 1.62. The first-order chi connectivity index (χ1) is 9.73. The summed E-state index contributed by atoms with van der Waals surface area (Å²) >= 11 is 0. The van der Waals surface area contributed by atoms with Gasteiger partial charge in [0.1, 0.15) is 9.84 Å². The monoisotopic (exact) mass is 309 g/mol. The van der Waals surface area contributed by atoms with Crippen LogP contribution >= 0.6 is 0 Å². The Bertz CT molecular complexity index is 650. The van der Waals surface area contributed by atoms with Gasteiger partial charge in [-0.15, -0.1) is 0 Å². The first-order valence-electron chi connectivity index (χ1n) is 6.42. The molecule has 0 spiro atoms. The molecule has 1 aromatic rings. The zero-order valence-corrected chi connectivity index (χ0v) is 13.1. The predicted molar refractivity (Wildman–Crippen MR) is 81.6 cm³/mol. The molecule has 1 atom stereocenters. The Kier molecular flexibility index (Phi) is 5.88. The third kappa shape index (κ3) is 5.94. The number of sulfone groups is 1. The van der Waals surface area contributed by atoms with Gasteiger partial charge in [-0.3, -0.25) is 9.69 Å². The molecule has 0 aliphatic heterocycles. The number of amides is 1. The summed E-state index contributed by atoms with van der Waals surface area (Å²) in [6.07, 6.45) is 1.17. The summed E-state index contributed by atoms with van der Waals surface area (Å²) in [5.41, 5.74) is 1.01. The minimum atomic E-state index is -3.06. The van der Waals surface area contributed by atoms with Crippen molar-refractivity contribution >= 4 is 21.4 Å². The third-order valence-electron chi connectivity index (χ3n) is 3.11. The van der Waals surface area contributed by atoms with Gasteiger partial charge in [-0.25, -0.2) is 8.42 Å². The van der Waals surface area contributed by atoms with E-state index in [2.05, 4.69) is 5.32 Å². The van der Waals surface area contributed by atoms with E-state index < -0.39 is 15.9 Å². The van der Waals surface area contributed by atoms with E-state index in [0.29, 0.717) is 11.3 Å². The highest BCUT2D eigenvalue weighted by atomic mass is 32.2. The fraction of sp³-hybridized carbons (Fsp3) is 0.429. The molecule has 1 amide bonds. The molecule has 7 heteroatoms. The number of nitriles is 1. The number of hydrogen-bond donors (Lipinski definition) is 1. The average Bonchev–Trinajstić information content (AvgIpc) is 2.43. The zero-order valence-electron chi connectivity index (χ0n) is 12.3. The van der Waals surface area contributed by atoms with Gasteiger partial charge in [0.25, 0.3) is 0 Å². The number of likely N-dealkylation sites (N-methyl/N-ethyl adjacent to an activating group) is 1. The van der Waals surface area contributed by atoms with Crippen molar-refractivity contribution in [2.45, 2.75) is 13.0 Å². The van der Waals surface area contributed by atoms with Gasteiger partial charge in [0.05, 0.1) is 23.4 Å². The summed E-state index contributed by atoms with van der Waals surface area (Å²) in [5, 5.41) is 11.5. The Morgan fingerprint density at radius 2 is 2.14 bits per heavy atom. The molecular weight excluding hydrogens is 290 g/mol. The summed E-state index contributed by atoms with van der Waals surface area (Å²) in [6, 6.07) is 8.14. The van der Waals surface area contributed by atoms with Crippen LogP contribution in [-0.4, -0.2) is 50.9 Å². The lowest BCUT2D eigenvalue weighted by Crippen LogP contribution is -2.41. The lowest BCUT2D eigenvalue weighted by atomic mass is 10.2. The molecule has 0 fully saturated rings. The highest BCUT2D eigenvalue weighted by Gasteiger charge is 2.19. The van der Waals surface area contributed by atoms with Gasteiger partial charge in [-0.2, -0.15) is 5.26 Å². The number of carbonyl (C=O) groups is 1. The molecule has 0 heterocycles. The van der Waals surface area contributed by atoms with Gasteiger partial charge >= 0.3 is 0 Å². The van der Waals surface area contributed by atoms with E-state index in [1.165, 1.54) is 6.26 Å². The minimum absolute atomic E-state index is 0.00500. The maximum Gasteiger partial charge on any atom is 0.241 e. The smallest absolute Gasteiger partial charge is 0.241 e. The van der Waals surface area contributed by atoms with Crippen LogP contribution in [0.25, 0.3) is 0 Å². The molecule has 0 bridgehead atoms. The van der Waals surface area contributed by atoms with Gasteiger partial charge in [0.15, 0.2) is 0 Å². The van der Waals surface area contributed by atoms with E-state index in [0.717, 1.165) is 0 Å². The minimum Gasteiger partial charge on any atom is -0.325 e. The van der Waals surface area contributed by atoms with Gasteiger partial charge < -0.3 is 5.32 Å². The molecule has 1 aromatic carbocycles. The Labute approximate surface area is 125 Å². The standard InChI is InChI=1S/C14H19N3O3S/c1-11(17(2)7-8-21(3,19)20)14(18)16-13-6-4-5-12(9-13)10-15/h4-6,9,11H,7-8H2,1-3H3,(H,16,18). The topological polar surface area (TPSA) is 90.3 Å². The molecule has 0 saturated carbocycles. The number of anilines is 1. The van der Waals surface area contributed by atoms with Gasteiger partial charge in [0, 0.05) is 18.5 Å². The summed E-state index contributed by atoms with van der Waals surface area (Å²) in [4.78, 5) is 13.8. The molecular formula is C14H19N3O3S. The van der Waals surface area contributed by atoms with Crippen LogP contribution in [0.3, 0.4) is 0 Å². The highest BCUT2D eigenvalue weighted by molar-refractivity contribution is 7.90. The summed E-state index contributed by atoms with van der Waals surface area (Å²) < 4.78 is 22.3. The normalized spacial score (nSPS) is 12.7. The number of benzene rings is 1. The molecule has 0 aromatic heterocycles. The second kappa shape index (κ2) is 7.20. The highest BCUT2D eigenvalue weighted by Crippen LogP contribution is 2.11. The largest absolute Gasteiger partial charge is 0.325 e. The molecule has 114 valence electrons. The van der Waals surface area contributed by atoms with Crippen molar-refractivity contribution in [2.24, 2.45) is 0 Å².